The molecule has 0 saturated heterocycles. The first-order valence-corrected chi connectivity index (χ1v) is 11.5. The van der Waals surface area contributed by atoms with E-state index in [1.54, 1.807) is 12.1 Å². The maximum Gasteiger partial charge on any atom is 0.262 e. The van der Waals surface area contributed by atoms with Gasteiger partial charge in [0.05, 0.1) is 15.5 Å². The lowest BCUT2D eigenvalue weighted by Crippen LogP contribution is -2.29. The van der Waals surface area contributed by atoms with Gasteiger partial charge in [0.15, 0.2) is 0 Å². The second-order valence-corrected chi connectivity index (χ2v) is 9.91. The topological polar surface area (TPSA) is 105 Å². The Morgan fingerprint density at radius 1 is 0.885 bits per heavy atom. The Morgan fingerprint density at radius 2 is 1.58 bits per heavy atom. The van der Waals surface area contributed by atoms with Gasteiger partial charge in [-0.2, -0.15) is 0 Å². The van der Waals surface area contributed by atoms with Crippen LogP contribution >= 0.6 is 15.9 Å². The summed E-state index contributed by atoms with van der Waals surface area (Å²) in [5, 5.41) is 0. The molecule has 2 aromatic rings. The summed E-state index contributed by atoms with van der Waals surface area (Å²) < 4.78 is 55.4. The number of sulfonamides is 2. The van der Waals surface area contributed by atoms with Crippen molar-refractivity contribution in [1.29, 1.82) is 0 Å². The van der Waals surface area contributed by atoms with E-state index in [0.29, 0.717) is 18.8 Å². The van der Waals surface area contributed by atoms with Gasteiger partial charge < -0.3 is 0 Å². The van der Waals surface area contributed by atoms with Crippen LogP contribution in [0.1, 0.15) is 12.8 Å². The lowest BCUT2D eigenvalue weighted by Gasteiger charge is -2.11. The molecule has 0 bridgehead atoms. The fourth-order valence-corrected chi connectivity index (χ4v) is 4.84. The van der Waals surface area contributed by atoms with E-state index in [1.165, 1.54) is 36.4 Å². The van der Waals surface area contributed by atoms with Gasteiger partial charge in [0.25, 0.3) is 20.0 Å². The van der Waals surface area contributed by atoms with Crippen LogP contribution in [0.25, 0.3) is 0 Å². The fourth-order valence-electron chi connectivity index (χ4n) is 2.39. The maximum atomic E-state index is 12.4. The van der Waals surface area contributed by atoms with Crippen LogP contribution < -0.4 is 9.44 Å². The number of hydrogen-bond donors (Lipinski definition) is 2. The normalized spacial score (nSPS) is 14.7. The number of hydrogen-bond acceptors (Lipinski definition) is 5. The first-order valence-electron chi connectivity index (χ1n) is 7.71. The fraction of sp³-hybridized carbons (Fsp3) is 0.188. The van der Waals surface area contributed by atoms with Gasteiger partial charge in [-0.05, 0) is 48.9 Å². The third-order valence-electron chi connectivity index (χ3n) is 3.65. The Kier molecular flexibility index (Phi) is 5.35. The van der Waals surface area contributed by atoms with Gasteiger partial charge in [-0.15, -0.1) is 0 Å². The summed E-state index contributed by atoms with van der Waals surface area (Å²) in [5.41, 5.74) is 0.157. The van der Waals surface area contributed by atoms with E-state index in [-0.39, 0.29) is 15.5 Å². The van der Waals surface area contributed by atoms with Crippen molar-refractivity contribution >= 4 is 47.5 Å². The molecule has 1 aliphatic rings. The highest BCUT2D eigenvalue weighted by molar-refractivity contribution is 9.10. The van der Waals surface area contributed by atoms with Gasteiger partial charge >= 0.3 is 0 Å². The largest absolute Gasteiger partial charge is 0.280 e. The summed E-state index contributed by atoms with van der Waals surface area (Å²) in [5.74, 6) is 0.422. The third kappa shape index (κ3) is 4.43. The first-order chi connectivity index (χ1) is 12.3. The molecule has 3 rings (SSSR count). The number of anilines is 1. The van der Waals surface area contributed by atoms with Gasteiger partial charge in [-0.3, -0.25) is 14.4 Å². The Labute approximate surface area is 160 Å². The smallest absolute Gasteiger partial charge is 0.262 e. The van der Waals surface area contributed by atoms with Crippen LogP contribution in [0.2, 0.25) is 0 Å². The highest BCUT2D eigenvalue weighted by Gasteiger charge is 2.20. The summed E-state index contributed by atoms with van der Waals surface area (Å²) in [6, 6.07) is 11.8. The molecule has 2 N–H and O–H groups in total. The standard InChI is InChI=1S/C16H16BrN3O4S2/c17-12-6-8-14(9-7-12)25(21,22)19-13-3-1-4-15(11-13)26(23,24)20-16-5-2-10-18-16/h1,3-4,6-9,11,19H,2,5,10H2,(H,18,20). The van der Waals surface area contributed by atoms with Crippen LogP contribution in [0.15, 0.2) is 67.8 Å². The van der Waals surface area contributed by atoms with Crippen molar-refractivity contribution in [1.82, 2.24) is 4.72 Å². The second-order valence-electron chi connectivity index (χ2n) is 5.62. The molecule has 0 aliphatic carbocycles. The quantitative estimate of drug-likeness (QED) is 0.719. The van der Waals surface area contributed by atoms with Crippen LogP contribution in [-0.2, 0) is 20.0 Å². The molecule has 0 amide bonds. The molecule has 1 heterocycles. The molecule has 26 heavy (non-hydrogen) atoms. The van der Waals surface area contributed by atoms with Crippen molar-refractivity contribution < 1.29 is 16.8 Å². The van der Waals surface area contributed by atoms with Crippen LogP contribution in [0.3, 0.4) is 0 Å². The molecule has 0 spiro atoms. The molecule has 0 aromatic heterocycles. The number of halogens is 1. The van der Waals surface area contributed by atoms with Crippen molar-refractivity contribution in [3.8, 4) is 0 Å². The Morgan fingerprint density at radius 3 is 2.23 bits per heavy atom. The van der Waals surface area contributed by atoms with E-state index < -0.39 is 20.0 Å². The second kappa shape index (κ2) is 7.37. The first kappa shape index (κ1) is 18.9. The molecule has 0 saturated carbocycles. The van der Waals surface area contributed by atoms with Crippen LogP contribution in [0, 0.1) is 0 Å². The van der Waals surface area contributed by atoms with Crippen molar-refractivity contribution in [3.05, 3.63) is 53.0 Å². The highest BCUT2D eigenvalue weighted by atomic mass is 79.9. The monoisotopic (exact) mass is 457 g/mol. The summed E-state index contributed by atoms with van der Waals surface area (Å²) in [6.45, 7) is 0.602. The van der Waals surface area contributed by atoms with Gasteiger partial charge in [0.1, 0.15) is 5.84 Å². The number of aliphatic imine (C=N–C) groups is 1. The SMILES string of the molecule is O=S(=O)(NC1=NCCC1)c1cccc(NS(=O)(=O)c2ccc(Br)cc2)c1. The highest BCUT2D eigenvalue weighted by Crippen LogP contribution is 2.21. The van der Waals surface area contributed by atoms with Crippen LogP contribution in [0.5, 0.6) is 0 Å². The average molecular weight is 458 g/mol. The van der Waals surface area contributed by atoms with E-state index in [2.05, 4.69) is 30.4 Å². The van der Waals surface area contributed by atoms with E-state index in [9.17, 15) is 16.8 Å². The number of amidine groups is 1. The number of benzene rings is 2. The summed E-state index contributed by atoms with van der Waals surface area (Å²) in [4.78, 5) is 4.12. The Hall–Kier alpha value is -1.91. The van der Waals surface area contributed by atoms with Crippen molar-refractivity contribution in [2.75, 3.05) is 11.3 Å². The van der Waals surface area contributed by atoms with Gasteiger partial charge in [-0.1, -0.05) is 22.0 Å². The van der Waals surface area contributed by atoms with Gasteiger partial charge in [0, 0.05) is 17.4 Å². The summed E-state index contributed by atoms with van der Waals surface area (Å²) in [7, 11) is -7.64. The lowest BCUT2D eigenvalue weighted by molar-refractivity contribution is 0.591. The minimum absolute atomic E-state index is 0.0388. The minimum atomic E-state index is -3.82. The molecule has 0 fully saturated rings. The van der Waals surface area contributed by atoms with Gasteiger partial charge in [0.2, 0.25) is 0 Å². The average Bonchev–Trinajstić information content (AvgIpc) is 3.07. The van der Waals surface area contributed by atoms with E-state index in [1.807, 2.05) is 0 Å². The van der Waals surface area contributed by atoms with Crippen molar-refractivity contribution in [2.45, 2.75) is 22.6 Å². The predicted octanol–water partition coefficient (Wildman–Crippen LogP) is 2.72. The molecule has 0 atom stereocenters. The summed E-state index contributed by atoms with van der Waals surface area (Å²) in [6.07, 6.45) is 1.39. The van der Waals surface area contributed by atoms with E-state index in [4.69, 9.17) is 0 Å². The molecule has 0 unspecified atom stereocenters. The van der Waals surface area contributed by atoms with E-state index >= 15 is 0 Å². The molecule has 10 heteroatoms. The molecular weight excluding hydrogens is 442 g/mol. The zero-order chi connectivity index (χ0) is 18.8. The number of nitrogens with one attached hydrogen (secondary N) is 2. The number of nitrogens with zero attached hydrogens (tertiary/aromatic N) is 1. The molecule has 1 aliphatic heterocycles. The zero-order valence-electron chi connectivity index (χ0n) is 13.5. The zero-order valence-corrected chi connectivity index (χ0v) is 16.7. The van der Waals surface area contributed by atoms with Crippen LogP contribution in [0.4, 0.5) is 5.69 Å². The Bertz CT molecular complexity index is 1050. The molecule has 138 valence electrons. The molecule has 0 radical (unpaired) electrons. The predicted molar refractivity (Wildman–Crippen MR) is 103 cm³/mol. The van der Waals surface area contributed by atoms with Crippen LogP contribution in [-0.4, -0.2) is 29.2 Å². The third-order valence-corrected chi connectivity index (χ3v) is 6.95. The molecule has 7 nitrogen and oxygen atoms in total. The lowest BCUT2D eigenvalue weighted by atomic mass is 10.3. The minimum Gasteiger partial charge on any atom is -0.280 e. The summed E-state index contributed by atoms with van der Waals surface area (Å²) >= 11 is 3.25. The molecule has 2 aromatic carbocycles. The van der Waals surface area contributed by atoms with Gasteiger partial charge in [-0.25, -0.2) is 16.8 Å². The maximum absolute atomic E-state index is 12.4. The number of rotatable bonds is 5. The van der Waals surface area contributed by atoms with Crippen molar-refractivity contribution in [2.24, 2.45) is 4.99 Å². The van der Waals surface area contributed by atoms with E-state index in [0.717, 1.165) is 10.9 Å². The Balaban J connectivity index is 1.84. The van der Waals surface area contributed by atoms with Crippen molar-refractivity contribution in [3.63, 3.8) is 0 Å². The molecular formula is C16H16BrN3O4S2.